The molecule has 0 aromatic carbocycles. The van der Waals surface area contributed by atoms with Gasteiger partial charge in [0.05, 0.1) is 0 Å². The molecule has 2 radical (unpaired) electrons. The van der Waals surface area contributed by atoms with Gasteiger partial charge in [0, 0.05) is 6.26 Å². The minimum atomic E-state index is 1.11. The highest BCUT2D eigenvalue weighted by molar-refractivity contribution is 8.00. The minimum absolute atomic E-state index is 1.11. The second kappa shape index (κ2) is 5.35. The van der Waals surface area contributed by atoms with Gasteiger partial charge in [-0.2, -0.15) is 11.8 Å². The monoisotopic (exact) mass is 102 g/mol. The van der Waals surface area contributed by atoms with Crippen LogP contribution in [0.25, 0.3) is 0 Å². The SMILES string of the molecule is [CH]SCCCC. The second-order valence-electron chi connectivity index (χ2n) is 1.22. The van der Waals surface area contributed by atoms with E-state index in [-0.39, 0.29) is 0 Å². The van der Waals surface area contributed by atoms with Crippen LogP contribution in [0.4, 0.5) is 0 Å². The maximum Gasteiger partial charge on any atom is 0.0307 e. The molecule has 0 atom stereocenters. The zero-order valence-electron chi connectivity index (χ0n) is 4.11. The van der Waals surface area contributed by atoms with E-state index in [1.165, 1.54) is 24.6 Å². The van der Waals surface area contributed by atoms with Gasteiger partial charge in [0.1, 0.15) is 0 Å². The lowest BCUT2D eigenvalue weighted by molar-refractivity contribution is 0.898. The predicted molar refractivity (Wildman–Crippen MR) is 31.7 cm³/mol. The third-order valence-corrected chi connectivity index (χ3v) is 1.14. The van der Waals surface area contributed by atoms with Crippen molar-refractivity contribution in [3.63, 3.8) is 0 Å². The Balaban J connectivity index is 2.34. The van der Waals surface area contributed by atoms with Gasteiger partial charge in [-0.05, 0) is 12.2 Å². The van der Waals surface area contributed by atoms with Crippen LogP contribution in [-0.2, 0) is 0 Å². The predicted octanol–water partition coefficient (Wildman–Crippen LogP) is 2.19. The molecule has 0 aliphatic heterocycles. The molecule has 0 aliphatic rings. The summed E-state index contributed by atoms with van der Waals surface area (Å²) in [5.41, 5.74) is 0. The molecule has 0 unspecified atom stereocenters. The molecule has 0 aromatic rings. The Kier molecular flexibility index (Phi) is 5.66. The summed E-state index contributed by atoms with van der Waals surface area (Å²) in [6, 6.07) is 0. The normalized spacial score (nSPS) is 9.00. The van der Waals surface area contributed by atoms with E-state index in [0.717, 1.165) is 5.75 Å². The van der Waals surface area contributed by atoms with E-state index in [1.54, 1.807) is 0 Å². The first-order valence-electron chi connectivity index (χ1n) is 2.23. The summed E-state index contributed by atoms with van der Waals surface area (Å²) in [6.45, 7) is 2.16. The van der Waals surface area contributed by atoms with Crippen molar-refractivity contribution in [1.82, 2.24) is 0 Å². The number of rotatable bonds is 3. The Morgan fingerprint density at radius 1 is 1.67 bits per heavy atom. The van der Waals surface area contributed by atoms with E-state index in [0.29, 0.717) is 0 Å². The van der Waals surface area contributed by atoms with Gasteiger partial charge in [0.25, 0.3) is 0 Å². The van der Waals surface area contributed by atoms with Gasteiger partial charge in [-0.25, -0.2) is 0 Å². The van der Waals surface area contributed by atoms with Crippen LogP contribution in [0.5, 0.6) is 0 Å². The Morgan fingerprint density at radius 2 is 2.33 bits per heavy atom. The van der Waals surface area contributed by atoms with E-state index in [1.807, 2.05) is 0 Å². The van der Waals surface area contributed by atoms with Gasteiger partial charge in [-0.3, -0.25) is 0 Å². The standard InChI is InChI=1S/C5H10S/c1-3-4-5-6-2/h2H,3-5H2,1H3. The fourth-order valence-electron chi connectivity index (χ4n) is 0.228. The molecule has 36 valence electrons. The maximum atomic E-state index is 5.13. The smallest absolute Gasteiger partial charge is 0.0307 e. The zero-order chi connectivity index (χ0) is 4.83. The molecule has 0 aliphatic carbocycles. The molecule has 0 spiro atoms. The first-order valence-corrected chi connectivity index (χ1v) is 3.28. The molecule has 0 saturated heterocycles. The highest BCUT2D eigenvalue weighted by atomic mass is 32.2. The largest absolute Gasteiger partial charge is 0.156 e. The van der Waals surface area contributed by atoms with Crippen molar-refractivity contribution >= 4 is 11.8 Å². The molecule has 0 fully saturated rings. The van der Waals surface area contributed by atoms with Gasteiger partial charge in [0.2, 0.25) is 0 Å². The van der Waals surface area contributed by atoms with Crippen LogP contribution < -0.4 is 0 Å². The third-order valence-electron chi connectivity index (χ3n) is 0.616. The first-order chi connectivity index (χ1) is 2.91. The lowest BCUT2D eigenvalue weighted by Crippen LogP contribution is -1.70. The van der Waals surface area contributed by atoms with Crippen LogP contribution >= 0.6 is 11.8 Å². The third kappa shape index (κ3) is 4.35. The maximum absolute atomic E-state index is 5.13. The molecule has 0 nitrogen and oxygen atoms in total. The fraction of sp³-hybridized carbons (Fsp3) is 0.800. The zero-order valence-corrected chi connectivity index (χ0v) is 4.92. The van der Waals surface area contributed by atoms with Crippen molar-refractivity contribution in [1.29, 1.82) is 0 Å². The van der Waals surface area contributed by atoms with Crippen molar-refractivity contribution in [3.8, 4) is 0 Å². The van der Waals surface area contributed by atoms with E-state index in [4.69, 9.17) is 6.26 Å². The molecular weight excluding hydrogens is 92.1 g/mol. The van der Waals surface area contributed by atoms with Crippen molar-refractivity contribution < 1.29 is 0 Å². The van der Waals surface area contributed by atoms with Crippen molar-refractivity contribution in [2.45, 2.75) is 19.8 Å². The summed E-state index contributed by atoms with van der Waals surface area (Å²) in [6.07, 6.45) is 7.64. The van der Waals surface area contributed by atoms with Gasteiger partial charge in [-0.15, -0.1) is 0 Å². The summed E-state index contributed by atoms with van der Waals surface area (Å²) < 4.78 is 0. The first kappa shape index (κ1) is 6.35. The van der Waals surface area contributed by atoms with E-state index in [2.05, 4.69) is 6.92 Å². The van der Waals surface area contributed by atoms with Crippen LogP contribution in [0.1, 0.15) is 19.8 Å². The van der Waals surface area contributed by atoms with E-state index >= 15 is 0 Å². The molecule has 0 bridgehead atoms. The summed E-state index contributed by atoms with van der Waals surface area (Å²) in [5.74, 6) is 1.11. The quantitative estimate of drug-likeness (QED) is 0.492. The molecule has 0 saturated carbocycles. The Morgan fingerprint density at radius 3 is 2.50 bits per heavy atom. The van der Waals surface area contributed by atoms with Crippen LogP contribution in [0, 0.1) is 6.26 Å². The summed E-state index contributed by atoms with van der Waals surface area (Å²) in [4.78, 5) is 0. The van der Waals surface area contributed by atoms with Crippen molar-refractivity contribution in [2.75, 3.05) is 5.75 Å². The van der Waals surface area contributed by atoms with E-state index in [9.17, 15) is 0 Å². The molecular formula is C5H10S. The summed E-state index contributed by atoms with van der Waals surface area (Å²) in [7, 11) is 0. The van der Waals surface area contributed by atoms with Gasteiger partial charge in [-0.1, -0.05) is 13.3 Å². The topological polar surface area (TPSA) is 0 Å². The van der Waals surface area contributed by atoms with Crippen LogP contribution in [0.3, 0.4) is 0 Å². The van der Waals surface area contributed by atoms with Crippen molar-refractivity contribution in [2.24, 2.45) is 0 Å². The van der Waals surface area contributed by atoms with Crippen LogP contribution in [0.15, 0.2) is 0 Å². The van der Waals surface area contributed by atoms with Gasteiger partial charge >= 0.3 is 0 Å². The number of hydrogen-bond acceptors (Lipinski definition) is 1. The molecule has 0 amide bonds. The molecule has 0 rings (SSSR count). The lowest BCUT2D eigenvalue weighted by Gasteiger charge is -1.85. The van der Waals surface area contributed by atoms with Gasteiger partial charge < -0.3 is 0 Å². The molecule has 0 N–H and O–H groups in total. The Hall–Kier alpha value is 0.350. The Bertz CT molecular complexity index is 15.9. The van der Waals surface area contributed by atoms with E-state index < -0.39 is 0 Å². The average Bonchev–Trinajstić information content (AvgIpc) is 1.61. The van der Waals surface area contributed by atoms with Crippen LogP contribution in [0.2, 0.25) is 0 Å². The average molecular weight is 102 g/mol. The minimum Gasteiger partial charge on any atom is -0.156 e. The number of thioether (sulfide) groups is 1. The highest BCUT2D eigenvalue weighted by Crippen LogP contribution is 1.98. The van der Waals surface area contributed by atoms with Crippen LogP contribution in [-0.4, -0.2) is 5.75 Å². The second-order valence-corrected chi connectivity index (χ2v) is 1.97. The van der Waals surface area contributed by atoms with Crippen molar-refractivity contribution in [3.05, 3.63) is 6.26 Å². The van der Waals surface area contributed by atoms with Gasteiger partial charge in [0.15, 0.2) is 0 Å². The lowest BCUT2D eigenvalue weighted by atomic mass is 10.4. The summed E-state index contributed by atoms with van der Waals surface area (Å²) in [5, 5.41) is 0. The number of hydrogen-bond donors (Lipinski definition) is 0. The fourth-order valence-corrected chi connectivity index (χ4v) is 0.683. The molecule has 1 heteroatoms. The molecule has 0 aromatic heterocycles. The highest BCUT2D eigenvalue weighted by Gasteiger charge is 1.75. The molecule has 0 heterocycles. The Labute approximate surface area is 44.3 Å². The molecule has 6 heavy (non-hydrogen) atoms. The number of unbranched alkanes of at least 4 members (excludes halogenated alkanes) is 1. The summed E-state index contributed by atoms with van der Waals surface area (Å²) >= 11 is 1.43.